The minimum Gasteiger partial charge on any atom is -0.279 e. The van der Waals surface area contributed by atoms with Gasteiger partial charge in [0, 0.05) is 18.9 Å². The highest BCUT2D eigenvalue weighted by atomic mass is 15.1. The van der Waals surface area contributed by atoms with Crippen LogP contribution in [0.2, 0.25) is 0 Å². The van der Waals surface area contributed by atoms with E-state index in [1.807, 2.05) is 0 Å². The molecule has 1 rings (SSSR count). The van der Waals surface area contributed by atoms with Crippen molar-refractivity contribution in [3.05, 3.63) is 0 Å². The van der Waals surface area contributed by atoms with Crippen molar-refractivity contribution in [2.45, 2.75) is 52.0 Å². The molecule has 1 nitrogen and oxygen atoms in total. The maximum atomic E-state index is 3.11. The average molecular weight is 251 g/mol. The second-order valence-electron chi connectivity index (χ2n) is 4.77. The zero-order chi connectivity index (χ0) is 13.8. The van der Waals surface area contributed by atoms with Crippen molar-refractivity contribution in [1.29, 1.82) is 0 Å². The van der Waals surface area contributed by atoms with E-state index in [0.29, 0.717) is 19.1 Å². The van der Waals surface area contributed by atoms with Gasteiger partial charge in [-0.25, -0.2) is 0 Å². The van der Waals surface area contributed by atoms with Gasteiger partial charge in [-0.3, -0.25) is 4.90 Å². The molecule has 0 radical (unpaired) electrons. The lowest BCUT2D eigenvalue weighted by atomic mass is 10.1. The molecular weight excluding hydrogens is 230 g/mol. The van der Waals surface area contributed by atoms with E-state index in [2.05, 4.69) is 66.1 Å². The Morgan fingerprint density at radius 2 is 1.16 bits per heavy atom. The first kappa shape index (κ1) is 15.3. The van der Waals surface area contributed by atoms with Gasteiger partial charge in [-0.05, 0) is 50.4 Å². The molecule has 0 unspecified atom stereocenters. The molecule has 1 heteroatoms. The summed E-state index contributed by atoms with van der Waals surface area (Å²) in [6.45, 7) is 5.74. The third-order valence-electron chi connectivity index (χ3n) is 2.88. The van der Waals surface area contributed by atoms with E-state index in [-0.39, 0.29) is 0 Å². The van der Waals surface area contributed by atoms with Gasteiger partial charge in [-0.1, -0.05) is 30.1 Å². The van der Waals surface area contributed by atoms with E-state index in [9.17, 15) is 0 Å². The van der Waals surface area contributed by atoms with Gasteiger partial charge in [-0.2, -0.15) is 0 Å². The van der Waals surface area contributed by atoms with Gasteiger partial charge in [0.2, 0.25) is 0 Å². The van der Waals surface area contributed by atoms with Crippen molar-refractivity contribution in [2.75, 3.05) is 13.1 Å². The first-order valence-corrected chi connectivity index (χ1v) is 6.96. The van der Waals surface area contributed by atoms with Crippen LogP contribution in [0, 0.1) is 47.4 Å². The molecule has 0 amide bonds. The summed E-state index contributed by atoms with van der Waals surface area (Å²) in [6, 6.07) is 0.434. The molecule has 98 valence electrons. The highest BCUT2D eigenvalue weighted by molar-refractivity contribution is 5.28. The van der Waals surface area contributed by atoms with Gasteiger partial charge in [0.05, 0.1) is 13.1 Å². The average Bonchev–Trinajstić information content (AvgIpc) is 2.38. The maximum absolute atomic E-state index is 3.11. The first-order chi connectivity index (χ1) is 9.30. The quantitative estimate of drug-likeness (QED) is 0.648. The smallest absolute Gasteiger partial charge is 0.0622 e. The molecule has 0 bridgehead atoms. The maximum Gasteiger partial charge on any atom is 0.0622 e. The third kappa shape index (κ3) is 8.01. The molecule has 0 aromatic heterocycles. The van der Waals surface area contributed by atoms with Crippen molar-refractivity contribution in [3.63, 3.8) is 0 Å². The van der Waals surface area contributed by atoms with Crippen LogP contribution in [0.25, 0.3) is 0 Å². The topological polar surface area (TPSA) is 3.24 Å². The standard InChI is InChI=1S/C18H21N/c1-18(2)19-16-14-12-10-8-6-4-3-5-7-9-11-13-15-17-19/h18H,3-7,16-17H2,1-2H3. The molecule has 0 atom stereocenters. The normalized spacial score (nSPS) is 16.8. The van der Waals surface area contributed by atoms with Crippen molar-refractivity contribution in [3.8, 4) is 47.4 Å². The molecule has 0 saturated heterocycles. The van der Waals surface area contributed by atoms with Gasteiger partial charge in [0.25, 0.3) is 0 Å². The van der Waals surface area contributed by atoms with Crippen molar-refractivity contribution in [1.82, 2.24) is 4.90 Å². The Hall–Kier alpha value is -1.80. The predicted molar refractivity (Wildman–Crippen MR) is 80.9 cm³/mol. The van der Waals surface area contributed by atoms with Crippen LogP contribution in [0.5, 0.6) is 0 Å². The summed E-state index contributed by atoms with van der Waals surface area (Å²) in [5, 5.41) is 0. The van der Waals surface area contributed by atoms with Crippen molar-refractivity contribution >= 4 is 0 Å². The molecule has 0 fully saturated rings. The van der Waals surface area contributed by atoms with E-state index in [0.717, 1.165) is 25.7 Å². The molecule has 0 aromatic rings. The number of nitrogens with zero attached hydrogens (tertiary/aromatic N) is 1. The van der Waals surface area contributed by atoms with Crippen LogP contribution in [0.15, 0.2) is 0 Å². The predicted octanol–water partition coefficient (Wildman–Crippen LogP) is 2.67. The van der Waals surface area contributed by atoms with Gasteiger partial charge in [-0.15, -0.1) is 0 Å². The number of rotatable bonds is 1. The van der Waals surface area contributed by atoms with Crippen LogP contribution in [0.3, 0.4) is 0 Å². The van der Waals surface area contributed by atoms with E-state index < -0.39 is 0 Å². The van der Waals surface area contributed by atoms with Crippen LogP contribution in [0.1, 0.15) is 46.0 Å². The molecular formula is C18H21N. The lowest BCUT2D eigenvalue weighted by Gasteiger charge is -2.20. The third-order valence-corrected chi connectivity index (χ3v) is 2.88. The Labute approximate surface area is 118 Å². The van der Waals surface area contributed by atoms with Crippen molar-refractivity contribution in [2.24, 2.45) is 0 Å². The largest absolute Gasteiger partial charge is 0.279 e. The fraction of sp³-hybridized carbons (Fsp3) is 0.556. The number of hydrogen-bond acceptors (Lipinski definition) is 1. The summed E-state index contributed by atoms with van der Waals surface area (Å²) in [5.74, 6) is 24.1. The zero-order valence-corrected chi connectivity index (χ0v) is 12.0. The first-order valence-electron chi connectivity index (χ1n) is 6.96. The molecule has 0 N–H and O–H groups in total. The van der Waals surface area contributed by atoms with Crippen LogP contribution < -0.4 is 0 Å². The Balaban J connectivity index is 2.65. The Kier molecular flexibility index (Phi) is 8.15. The molecule has 0 saturated carbocycles. The lowest BCUT2D eigenvalue weighted by molar-refractivity contribution is 0.281. The molecule has 0 aromatic carbocycles. The highest BCUT2D eigenvalue weighted by Gasteiger charge is 2.04. The lowest BCUT2D eigenvalue weighted by Crippen LogP contribution is -2.31. The minimum atomic E-state index is 0.434. The molecule has 1 heterocycles. The van der Waals surface area contributed by atoms with Crippen LogP contribution >= 0.6 is 0 Å². The monoisotopic (exact) mass is 251 g/mol. The zero-order valence-electron chi connectivity index (χ0n) is 12.0. The summed E-state index contributed by atoms with van der Waals surface area (Å²) in [7, 11) is 0. The molecule has 19 heavy (non-hydrogen) atoms. The fourth-order valence-electron chi connectivity index (χ4n) is 1.61. The van der Waals surface area contributed by atoms with Gasteiger partial charge >= 0.3 is 0 Å². The van der Waals surface area contributed by atoms with Crippen LogP contribution in [-0.4, -0.2) is 24.0 Å². The van der Waals surface area contributed by atoms with E-state index in [4.69, 9.17) is 0 Å². The SMILES string of the molecule is CC(C)N1CC#CC#CCCCCCC#CC#CC1. The Morgan fingerprint density at radius 1 is 0.684 bits per heavy atom. The number of hydrogen-bond donors (Lipinski definition) is 0. The molecule has 1 aliphatic rings. The Morgan fingerprint density at radius 3 is 1.63 bits per heavy atom. The minimum absolute atomic E-state index is 0.434. The Bertz CT molecular complexity index is 453. The second kappa shape index (κ2) is 10.2. The van der Waals surface area contributed by atoms with E-state index in [1.165, 1.54) is 6.42 Å². The summed E-state index contributed by atoms with van der Waals surface area (Å²) in [4.78, 5) is 2.22. The summed E-state index contributed by atoms with van der Waals surface area (Å²) in [6.07, 6.45) is 5.34. The van der Waals surface area contributed by atoms with E-state index in [1.54, 1.807) is 0 Å². The van der Waals surface area contributed by atoms with Gasteiger partial charge < -0.3 is 0 Å². The summed E-state index contributed by atoms with van der Waals surface area (Å²) in [5.41, 5.74) is 0. The molecule has 1 aliphatic heterocycles. The fourth-order valence-corrected chi connectivity index (χ4v) is 1.61. The summed E-state index contributed by atoms with van der Waals surface area (Å²) < 4.78 is 0. The summed E-state index contributed by atoms with van der Waals surface area (Å²) >= 11 is 0. The second-order valence-corrected chi connectivity index (χ2v) is 4.77. The highest BCUT2D eigenvalue weighted by Crippen LogP contribution is 2.01. The van der Waals surface area contributed by atoms with Crippen LogP contribution in [-0.2, 0) is 0 Å². The molecule has 0 aliphatic carbocycles. The van der Waals surface area contributed by atoms with Crippen molar-refractivity contribution < 1.29 is 0 Å². The molecule has 0 spiro atoms. The van der Waals surface area contributed by atoms with E-state index >= 15 is 0 Å². The van der Waals surface area contributed by atoms with Gasteiger partial charge in [0.1, 0.15) is 0 Å². The van der Waals surface area contributed by atoms with Gasteiger partial charge in [0.15, 0.2) is 0 Å². The van der Waals surface area contributed by atoms with Crippen LogP contribution in [0.4, 0.5) is 0 Å².